The van der Waals surface area contributed by atoms with Crippen LogP contribution in [-0.4, -0.2) is 58.0 Å². The second kappa shape index (κ2) is 9.10. The van der Waals surface area contributed by atoms with E-state index in [0.29, 0.717) is 0 Å². The number of carbonyl (C=O) groups excluding carboxylic acids is 1. The van der Waals surface area contributed by atoms with Crippen LogP contribution >= 0.6 is 11.6 Å². The van der Waals surface area contributed by atoms with E-state index in [0.717, 1.165) is 22.5 Å². The van der Waals surface area contributed by atoms with E-state index in [4.69, 9.17) is 11.6 Å². The Balaban J connectivity index is 2.24. The van der Waals surface area contributed by atoms with Gasteiger partial charge in [-0.3, -0.25) is 9.52 Å². The van der Waals surface area contributed by atoms with Gasteiger partial charge < -0.3 is 10.4 Å². The van der Waals surface area contributed by atoms with Gasteiger partial charge in [-0.25, -0.2) is 21.1 Å². The van der Waals surface area contributed by atoms with E-state index in [1.54, 1.807) is 5.32 Å². The normalized spacial score (nSPS) is 14.6. The van der Waals surface area contributed by atoms with Gasteiger partial charge in [0.15, 0.2) is 0 Å². The topological polar surface area (TPSA) is 133 Å². The fraction of sp³-hybridized carbons (Fsp3) is 0.278. The molecule has 0 aromatic heterocycles. The lowest BCUT2D eigenvalue weighted by atomic mass is 10.1. The number of amides is 1. The molecule has 15 heteroatoms. The van der Waals surface area contributed by atoms with Crippen LogP contribution in [0.4, 0.5) is 24.5 Å². The zero-order valence-corrected chi connectivity index (χ0v) is 19.7. The van der Waals surface area contributed by atoms with Crippen molar-refractivity contribution in [3.63, 3.8) is 0 Å². The minimum Gasteiger partial charge on any atom is -0.373 e. The van der Waals surface area contributed by atoms with Gasteiger partial charge >= 0.3 is 6.18 Å². The largest absolute Gasteiger partial charge is 0.426 e. The van der Waals surface area contributed by atoms with Crippen molar-refractivity contribution in [1.29, 1.82) is 0 Å². The number of anilines is 2. The van der Waals surface area contributed by atoms with Gasteiger partial charge in [0.2, 0.25) is 15.6 Å². The Morgan fingerprint density at radius 1 is 1.00 bits per heavy atom. The molecular weight excluding hydrogens is 511 g/mol. The molecule has 3 N–H and O–H groups in total. The molecule has 1 atom stereocenters. The maximum absolute atomic E-state index is 12.8. The Kier molecular flexibility index (Phi) is 7.41. The minimum atomic E-state index is -5.25. The summed E-state index contributed by atoms with van der Waals surface area (Å²) in [4.78, 5) is 11.3. The van der Waals surface area contributed by atoms with Crippen LogP contribution in [0.5, 0.6) is 0 Å². The first-order valence-corrected chi connectivity index (χ1v) is 12.2. The zero-order chi connectivity index (χ0) is 25.4. The van der Waals surface area contributed by atoms with E-state index in [2.05, 4.69) is 4.72 Å². The fourth-order valence-corrected chi connectivity index (χ4v) is 4.54. The number of alkyl halides is 3. The number of hydrogen-bond donors (Lipinski definition) is 3. The first kappa shape index (κ1) is 26.9. The van der Waals surface area contributed by atoms with Gasteiger partial charge in [-0.05, 0) is 49.4 Å². The molecule has 0 spiro atoms. The van der Waals surface area contributed by atoms with Gasteiger partial charge in [-0.15, -0.1) is 0 Å². The Morgan fingerprint density at radius 2 is 1.52 bits per heavy atom. The van der Waals surface area contributed by atoms with Crippen LogP contribution in [0.1, 0.15) is 6.92 Å². The molecule has 0 radical (unpaired) electrons. The summed E-state index contributed by atoms with van der Waals surface area (Å²) in [5.74, 6) is -1.81. The maximum atomic E-state index is 12.8. The molecule has 0 saturated carbocycles. The Labute approximate surface area is 193 Å². The van der Waals surface area contributed by atoms with Gasteiger partial charge in [-0.2, -0.15) is 13.2 Å². The Bertz CT molecular complexity index is 1260. The molecule has 1 unspecified atom stereocenters. The van der Waals surface area contributed by atoms with Crippen LogP contribution < -0.4 is 10.0 Å². The second-order valence-electron chi connectivity index (χ2n) is 7.08. The molecule has 0 saturated heterocycles. The van der Waals surface area contributed by atoms with Crippen molar-refractivity contribution < 1.29 is 39.9 Å². The standard InChI is InChI=1S/C18H19ClF3N3O6S2/c1-17(27,18(20,21)22)16(26)23-15-9-8-13(10-14(15)19)32(28,29)24-11-4-6-12(7-5-11)33(30,31)25(2)3/h4-10,24,27H,1-3H3,(H,23,26). The number of carbonyl (C=O) groups is 1. The highest BCUT2D eigenvalue weighted by molar-refractivity contribution is 7.92. The van der Waals surface area contributed by atoms with Crippen LogP contribution in [0.25, 0.3) is 0 Å². The quantitative estimate of drug-likeness (QED) is 0.505. The lowest BCUT2D eigenvalue weighted by Crippen LogP contribution is -2.52. The highest BCUT2D eigenvalue weighted by Crippen LogP contribution is 2.33. The third kappa shape index (κ3) is 5.76. The van der Waals surface area contributed by atoms with E-state index in [1.807, 2.05) is 0 Å². The number of aliphatic hydroxyl groups is 1. The van der Waals surface area contributed by atoms with Gasteiger partial charge in [0.1, 0.15) is 0 Å². The molecule has 2 aromatic rings. The predicted octanol–water partition coefficient (Wildman–Crippen LogP) is 2.64. The van der Waals surface area contributed by atoms with Crippen molar-refractivity contribution >= 4 is 48.9 Å². The average molecular weight is 530 g/mol. The number of hydrogen-bond acceptors (Lipinski definition) is 6. The monoisotopic (exact) mass is 529 g/mol. The SMILES string of the molecule is CN(C)S(=O)(=O)c1ccc(NS(=O)(=O)c2ccc(NC(=O)C(C)(O)C(F)(F)F)c(Cl)c2)cc1. The Hall–Kier alpha value is -2.39. The number of rotatable bonds is 7. The average Bonchev–Trinajstić information content (AvgIpc) is 2.68. The van der Waals surface area contributed by atoms with Gasteiger partial charge in [-0.1, -0.05) is 11.6 Å². The summed E-state index contributed by atoms with van der Waals surface area (Å²) in [6, 6.07) is 7.65. The summed E-state index contributed by atoms with van der Waals surface area (Å²) >= 11 is 5.91. The van der Waals surface area contributed by atoms with Gasteiger partial charge in [0, 0.05) is 19.8 Å². The molecule has 0 heterocycles. The van der Waals surface area contributed by atoms with Crippen molar-refractivity contribution in [3.8, 4) is 0 Å². The molecule has 182 valence electrons. The van der Waals surface area contributed by atoms with Crippen molar-refractivity contribution in [3.05, 3.63) is 47.5 Å². The summed E-state index contributed by atoms with van der Waals surface area (Å²) < 4.78 is 90.9. The Morgan fingerprint density at radius 3 is 1.97 bits per heavy atom. The molecule has 33 heavy (non-hydrogen) atoms. The number of nitrogens with zero attached hydrogens (tertiary/aromatic N) is 1. The van der Waals surface area contributed by atoms with Crippen molar-refractivity contribution in [2.75, 3.05) is 24.1 Å². The molecule has 0 aliphatic heterocycles. The lowest BCUT2D eigenvalue weighted by molar-refractivity contribution is -0.242. The molecule has 2 aromatic carbocycles. The van der Waals surface area contributed by atoms with E-state index >= 15 is 0 Å². The van der Waals surface area contributed by atoms with Gasteiger partial charge in [0.05, 0.1) is 20.5 Å². The summed E-state index contributed by atoms with van der Waals surface area (Å²) in [6.07, 6.45) is -5.25. The summed E-state index contributed by atoms with van der Waals surface area (Å²) in [6.45, 7) is 0.258. The molecule has 1 amide bonds. The van der Waals surface area contributed by atoms with E-state index in [-0.39, 0.29) is 23.2 Å². The predicted molar refractivity (Wildman–Crippen MR) is 115 cm³/mol. The summed E-state index contributed by atoms with van der Waals surface area (Å²) in [5.41, 5.74) is -4.03. The third-order valence-corrected chi connectivity index (χ3v) is 7.90. The summed E-state index contributed by atoms with van der Waals surface area (Å²) in [7, 11) is -5.27. The molecule has 9 nitrogen and oxygen atoms in total. The molecule has 0 aliphatic rings. The number of sulfonamides is 2. The number of nitrogens with one attached hydrogen (secondary N) is 2. The maximum Gasteiger partial charge on any atom is 0.426 e. The lowest BCUT2D eigenvalue weighted by Gasteiger charge is -2.25. The fourth-order valence-electron chi connectivity index (χ4n) is 2.26. The van der Waals surface area contributed by atoms with Crippen LogP contribution in [0.2, 0.25) is 5.02 Å². The van der Waals surface area contributed by atoms with Crippen LogP contribution in [0.15, 0.2) is 52.3 Å². The third-order valence-electron chi connectivity index (χ3n) is 4.38. The summed E-state index contributed by atoms with van der Waals surface area (Å²) in [5, 5.41) is 10.8. The first-order valence-electron chi connectivity index (χ1n) is 8.85. The van der Waals surface area contributed by atoms with Crippen LogP contribution in [0.3, 0.4) is 0 Å². The van der Waals surface area contributed by atoms with Crippen molar-refractivity contribution in [2.45, 2.75) is 28.5 Å². The van der Waals surface area contributed by atoms with Crippen LogP contribution in [0, 0.1) is 0 Å². The smallest absolute Gasteiger partial charge is 0.373 e. The van der Waals surface area contributed by atoms with Crippen molar-refractivity contribution in [2.24, 2.45) is 0 Å². The van der Waals surface area contributed by atoms with Crippen LogP contribution in [-0.2, 0) is 24.8 Å². The van der Waals surface area contributed by atoms with E-state index < -0.39 is 47.6 Å². The first-order chi connectivity index (χ1) is 14.9. The molecule has 0 bridgehead atoms. The number of benzene rings is 2. The highest BCUT2D eigenvalue weighted by Gasteiger charge is 2.55. The zero-order valence-electron chi connectivity index (χ0n) is 17.3. The number of halogens is 4. The molecular formula is C18H19ClF3N3O6S2. The van der Waals surface area contributed by atoms with Gasteiger partial charge in [0.25, 0.3) is 15.9 Å². The van der Waals surface area contributed by atoms with E-state index in [1.165, 1.54) is 38.4 Å². The van der Waals surface area contributed by atoms with Crippen molar-refractivity contribution in [1.82, 2.24) is 4.31 Å². The highest BCUT2D eigenvalue weighted by atomic mass is 35.5. The minimum absolute atomic E-state index is 0.0300. The molecule has 2 rings (SSSR count). The second-order valence-corrected chi connectivity index (χ2v) is 11.3. The molecule has 0 aliphatic carbocycles. The van der Waals surface area contributed by atoms with E-state index in [9.17, 15) is 39.9 Å². The molecule has 0 fully saturated rings.